The quantitative estimate of drug-likeness (QED) is 0.518. The highest BCUT2D eigenvalue weighted by Gasteiger charge is 2.30. The number of benzene rings is 3. The number of rotatable bonds is 7. The molecule has 3 aromatic rings. The number of amides is 1. The molecule has 3 aromatic carbocycles. The Bertz CT molecular complexity index is 1320. The summed E-state index contributed by atoms with van der Waals surface area (Å²) in [6.45, 7) is 2.03. The lowest BCUT2D eigenvalue weighted by atomic mass is 10.2. The maximum absolute atomic E-state index is 12.9. The molecule has 1 aliphatic rings. The zero-order valence-corrected chi connectivity index (χ0v) is 19.5. The molecule has 0 aliphatic carbocycles. The number of nitrogens with one attached hydrogen (secondary N) is 1. The van der Waals surface area contributed by atoms with Crippen LogP contribution in [-0.2, 0) is 26.0 Å². The van der Waals surface area contributed by atoms with Gasteiger partial charge < -0.3 is 14.4 Å². The van der Waals surface area contributed by atoms with E-state index in [1.807, 2.05) is 24.3 Å². The van der Waals surface area contributed by atoms with Crippen LogP contribution < -0.4 is 14.4 Å². The van der Waals surface area contributed by atoms with Crippen molar-refractivity contribution in [2.75, 3.05) is 23.3 Å². The van der Waals surface area contributed by atoms with E-state index in [2.05, 4.69) is 4.72 Å². The number of fused-ring (bicyclic) bond motifs is 1. The molecule has 8 nitrogen and oxygen atoms in total. The van der Waals surface area contributed by atoms with E-state index in [0.29, 0.717) is 18.0 Å². The lowest BCUT2D eigenvalue weighted by molar-refractivity contribution is -0.126. The molecule has 1 N–H and O–H groups in total. The van der Waals surface area contributed by atoms with Gasteiger partial charge in [-0.25, -0.2) is 13.2 Å². The third-order valence-corrected chi connectivity index (χ3v) is 6.89. The van der Waals surface area contributed by atoms with Gasteiger partial charge in [0.05, 0.1) is 17.6 Å². The van der Waals surface area contributed by atoms with E-state index in [0.717, 1.165) is 17.7 Å². The molecule has 0 fully saturated rings. The summed E-state index contributed by atoms with van der Waals surface area (Å²) in [4.78, 5) is 27.1. The van der Waals surface area contributed by atoms with Gasteiger partial charge >= 0.3 is 5.97 Å². The van der Waals surface area contributed by atoms with Crippen molar-refractivity contribution in [3.8, 4) is 5.75 Å². The molecule has 0 bridgehead atoms. The topological polar surface area (TPSA) is 102 Å². The zero-order chi connectivity index (χ0) is 24.3. The molecule has 34 heavy (non-hydrogen) atoms. The Morgan fingerprint density at radius 1 is 1.00 bits per heavy atom. The van der Waals surface area contributed by atoms with Crippen LogP contribution in [0.1, 0.15) is 22.8 Å². The van der Waals surface area contributed by atoms with Gasteiger partial charge in [0.25, 0.3) is 15.9 Å². The van der Waals surface area contributed by atoms with Crippen LogP contribution in [0.25, 0.3) is 0 Å². The molecule has 1 unspecified atom stereocenters. The molecule has 4 rings (SSSR count). The number of methoxy groups -OCH3 is 1. The first-order valence-corrected chi connectivity index (χ1v) is 12.1. The molecule has 1 amide bonds. The smallest absolute Gasteiger partial charge is 0.338 e. The summed E-state index contributed by atoms with van der Waals surface area (Å²) in [5.74, 6) is -0.521. The fourth-order valence-electron chi connectivity index (χ4n) is 3.73. The van der Waals surface area contributed by atoms with Crippen LogP contribution >= 0.6 is 0 Å². The predicted octanol–water partition coefficient (Wildman–Crippen LogP) is 3.63. The van der Waals surface area contributed by atoms with Gasteiger partial charge in [0.2, 0.25) is 0 Å². The van der Waals surface area contributed by atoms with Crippen molar-refractivity contribution < 1.29 is 27.5 Å². The fraction of sp³-hybridized carbons (Fsp3) is 0.200. The standard InChI is InChI=1S/C25H24N2O6S/c1-17(24(28)27-15-14-18-6-3-4-9-23(18)27)33-25(29)19-7-5-8-22(16-19)34(30,31)26-20-10-12-21(32-2)13-11-20/h3-13,16-17,26H,14-15H2,1-2H3. The third-order valence-electron chi connectivity index (χ3n) is 5.51. The summed E-state index contributed by atoms with van der Waals surface area (Å²) < 4.78 is 38.5. The van der Waals surface area contributed by atoms with E-state index >= 15 is 0 Å². The Kier molecular flexibility index (Phi) is 6.56. The molecule has 0 aromatic heterocycles. The highest BCUT2D eigenvalue weighted by atomic mass is 32.2. The van der Waals surface area contributed by atoms with Gasteiger partial charge in [-0.15, -0.1) is 0 Å². The van der Waals surface area contributed by atoms with Crippen LogP contribution in [0.4, 0.5) is 11.4 Å². The van der Waals surface area contributed by atoms with Crippen LogP contribution in [0.3, 0.4) is 0 Å². The van der Waals surface area contributed by atoms with E-state index < -0.39 is 22.1 Å². The molecule has 176 valence electrons. The maximum atomic E-state index is 12.9. The molecule has 0 radical (unpaired) electrons. The van der Waals surface area contributed by atoms with E-state index in [1.165, 1.54) is 38.3 Å². The number of sulfonamides is 1. The fourth-order valence-corrected chi connectivity index (χ4v) is 4.83. The maximum Gasteiger partial charge on any atom is 0.338 e. The normalized spacial score (nSPS) is 13.6. The van der Waals surface area contributed by atoms with Crippen LogP contribution in [0, 0.1) is 0 Å². The number of anilines is 2. The van der Waals surface area contributed by atoms with Crippen molar-refractivity contribution in [3.63, 3.8) is 0 Å². The minimum atomic E-state index is -3.95. The van der Waals surface area contributed by atoms with Gasteiger partial charge in [-0.2, -0.15) is 0 Å². The van der Waals surface area contributed by atoms with Gasteiger partial charge in [-0.1, -0.05) is 24.3 Å². The first-order valence-electron chi connectivity index (χ1n) is 10.7. The average molecular weight is 481 g/mol. The van der Waals surface area contributed by atoms with Crippen molar-refractivity contribution in [1.82, 2.24) is 0 Å². The van der Waals surface area contributed by atoms with E-state index in [-0.39, 0.29) is 16.4 Å². The Morgan fingerprint density at radius 3 is 2.47 bits per heavy atom. The van der Waals surface area contributed by atoms with Gasteiger partial charge in [0, 0.05) is 17.9 Å². The minimum absolute atomic E-state index is 0.0269. The number of nitrogens with zero attached hydrogens (tertiary/aromatic N) is 1. The Labute approximate surface area is 198 Å². The van der Waals surface area contributed by atoms with Gasteiger partial charge in [-0.3, -0.25) is 9.52 Å². The second-order valence-corrected chi connectivity index (χ2v) is 9.46. The summed E-state index contributed by atoms with van der Waals surface area (Å²) in [5, 5.41) is 0. The van der Waals surface area contributed by atoms with Crippen molar-refractivity contribution >= 4 is 33.3 Å². The largest absolute Gasteiger partial charge is 0.497 e. The number of ether oxygens (including phenoxy) is 2. The summed E-state index contributed by atoms with van der Waals surface area (Å²) in [5.41, 5.74) is 2.25. The lowest BCUT2D eigenvalue weighted by Gasteiger charge is -2.21. The van der Waals surface area contributed by atoms with Gasteiger partial charge in [0.1, 0.15) is 5.75 Å². The second kappa shape index (κ2) is 9.56. The lowest BCUT2D eigenvalue weighted by Crippen LogP contribution is -2.39. The first kappa shape index (κ1) is 23.3. The molecule has 0 saturated carbocycles. The molecule has 1 atom stereocenters. The minimum Gasteiger partial charge on any atom is -0.497 e. The van der Waals surface area contributed by atoms with Crippen LogP contribution in [0.15, 0.2) is 77.7 Å². The summed E-state index contributed by atoms with van der Waals surface area (Å²) in [7, 11) is -2.44. The Morgan fingerprint density at radius 2 is 1.74 bits per heavy atom. The SMILES string of the molecule is COc1ccc(NS(=O)(=O)c2cccc(C(=O)OC(C)C(=O)N3CCc4ccccc43)c2)cc1. The monoisotopic (exact) mass is 480 g/mol. The molecule has 0 saturated heterocycles. The second-order valence-electron chi connectivity index (χ2n) is 7.78. The van der Waals surface area contributed by atoms with E-state index in [1.54, 1.807) is 29.2 Å². The Balaban J connectivity index is 1.45. The first-order chi connectivity index (χ1) is 16.3. The molecule has 0 spiro atoms. The van der Waals surface area contributed by atoms with Crippen molar-refractivity contribution in [2.45, 2.75) is 24.3 Å². The molecular weight excluding hydrogens is 456 g/mol. The van der Waals surface area contributed by atoms with Crippen LogP contribution in [0.2, 0.25) is 0 Å². The van der Waals surface area contributed by atoms with Crippen LogP contribution in [0.5, 0.6) is 5.75 Å². The number of hydrogen-bond donors (Lipinski definition) is 1. The highest BCUT2D eigenvalue weighted by molar-refractivity contribution is 7.92. The van der Waals surface area contributed by atoms with Gasteiger partial charge in [-0.05, 0) is 67.4 Å². The van der Waals surface area contributed by atoms with E-state index in [4.69, 9.17) is 9.47 Å². The van der Waals surface area contributed by atoms with E-state index in [9.17, 15) is 18.0 Å². The molecule has 1 aliphatic heterocycles. The number of carbonyl (C=O) groups excluding carboxylic acids is 2. The number of hydrogen-bond acceptors (Lipinski definition) is 6. The molecular formula is C25H24N2O6S. The molecule has 1 heterocycles. The summed E-state index contributed by atoms with van der Waals surface area (Å²) in [6, 6.07) is 19.5. The number of esters is 1. The summed E-state index contributed by atoms with van der Waals surface area (Å²) >= 11 is 0. The molecule has 9 heteroatoms. The predicted molar refractivity (Wildman–Crippen MR) is 128 cm³/mol. The van der Waals surface area contributed by atoms with Crippen LogP contribution in [-0.4, -0.2) is 40.1 Å². The van der Waals surface area contributed by atoms with Crippen molar-refractivity contribution in [1.29, 1.82) is 0 Å². The van der Waals surface area contributed by atoms with Crippen molar-refractivity contribution in [2.24, 2.45) is 0 Å². The van der Waals surface area contributed by atoms with Gasteiger partial charge in [0.15, 0.2) is 6.10 Å². The number of carbonyl (C=O) groups is 2. The van der Waals surface area contributed by atoms with Crippen molar-refractivity contribution in [3.05, 3.63) is 83.9 Å². The summed E-state index contributed by atoms with van der Waals surface area (Å²) in [6.07, 6.45) is -0.291. The third kappa shape index (κ3) is 4.89. The average Bonchev–Trinajstić information content (AvgIpc) is 3.28. The Hall–Kier alpha value is -3.85. The highest BCUT2D eigenvalue weighted by Crippen LogP contribution is 2.28. The number of para-hydroxylation sites is 1. The zero-order valence-electron chi connectivity index (χ0n) is 18.7.